The van der Waals surface area contributed by atoms with Gasteiger partial charge >= 0.3 is 0 Å². The highest BCUT2D eigenvalue weighted by molar-refractivity contribution is 5.98. The molecular formula is C12H14F2N2O2. The predicted molar refractivity (Wildman–Crippen MR) is 62.3 cm³/mol. The third-order valence-corrected chi connectivity index (χ3v) is 2.35. The minimum atomic E-state index is -0.895. The number of nitrogens with zero attached hydrogens (tertiary/aromatic N) is 1. The van der Waals surface area contributed by atoms with Crippen molar-refractivity contribution in [1.82, 2.24) is 10.2 Å². The van der Waals surface area contributed by atoms with E-state index in [1.165, 1.54) is 25.1 Å². The predicted octanol–water partition coefficient (Wildman–Crippen LogP) is 0.825. The highest BCUT2D eigenvalue weighted by Crippen LogP contribution is 2.13. The smallest absolute Gasteiger partial charge is 0.233 e. The van der Waals surface area contributed by atoms with Gasteiger partial charge in [-0.1, -0.05) is 6.07 Å². The Hall–Kier alpha value is -1.82. The van der Waals surface area contributed by atoms with Gasteiger partial charge in [-0.3, -0.25) is 14.5 Å². The van der Waals surface area contributed by atoms with E-state index in [1.807, 2.05) is 0 Å². The Morgan fingerprint density at radius 3 is 2.28 bits per heavy atom. The second-order valence-electron chi connectivity index (χ2n) is 3.87. The number of carbonyl (C=O) groups excluding carboxylic acids is 2. The number of hydrogen-bond acceptors (Lipinski definition) is 3. The third kappa shape index (κ3) is 3.59. The van der Waals surface area contributed by atoms with Crippen LogP contribution in [-0.2, 0) is 4.79 Å². The monoisotopic (exact) mass is 256 g/mol. The molecule has 0 bridgehead atoms. The zero-order chi connectivity index (χ0) is 13.7. The van der Waals surface area contributed by atoms with Crippen LogP contribution in [0.1, 0.15) is 10.4 Å². The number of nitrogens with one attached hydrogen (secondary N) is 1. The normalized spacial score (nSPS) is 10.5. The molecule has 0 fully saturated rings. The Morgan fingerprint density at radius 2 is 1.78 bits per heavy atom. The minimum absolute atomic E-state index is 0.0156. The molecule has 1 aromatic rings. The van der Waals surface area contributed by atoms with Gasteiger partial charge in [-0.05, 0) is 19.2 Å². The first-order valence-electron chi connectivity index (χ1n) is 5.32. The molecule has 98 valence electrons. The van der Waals surface area contributed by atoms with Crippen LogP contribution in [0, 0.1) is 11.6 Å². The molecule has 0 spiro atoms. The van der Waals surface area contributed by atoms with Crippen LogP contribution in [0.3, 0.4) is 0 Å². The Kier molecular flexibility index (Phi) is 4.91. The van der Waals surface area contributed by atoms with Gasteiger partial charge in [0.05, 0.1) is 18.7 Å². The molecule has 0 saturated heterocycles. The maximum atomic E-state index is 13.3. The first-order valence-corrected chi connectivity index (χ1v) is 5.32. The van der Waals surface area contributed by atoms with Crippen molar-refractivity contribution in [2.24, 2.45) is 0 Å². The van der Waals surface area contributed by atoms with E-state index in [1.54, 1.807) is 0 Å². The van der Waals surface area contributed by atoms with Crippen molar-refractivity contribution >= 4 is 11.7 Å². The number of amides is 1. The van der Waals surface area contributed by atoms with Crippen molar-refractivity contribution < 1.29 is 18.4 Å². The van der Waals surface area contributed by atoms with Crippen LogP contribution >= 0.6 is 0 Å². The molecule has 18 heavy (non-hydrogen) atoms. The van der Waals surface area contributed by atoms with E-state index in [4.69, 9.17) is 0 Å². The molecular weight excluding hydrogens is 242 g/mol. The Morgan fingerprint density at radius 1 is 1.22 bits per heavy atom. The van der Waals surface area contributed by atoms with E-state index in [0.29, 0.717) is 0 Å². The summed E-state index contributed by atoms with van der Waals surface area (Å²) in [6, 6.07) is 3.24. The van der Waals surface area contributed by atoms with Gasteiger partial charge in [0, 0.05) is 7.05 Å². The molecule has 4 nitrogen and oxygen atoms in total. The van der Waals surface area contributed by atoms with E-state index in [9.17, 15) is 18.4 Å². The zero-order valence-electron chi connectivity index (χ0n) is 10.2. The zero-order valence-corrected chi connectivity index (χ0v) is 10.2. The van der Waals surface area contributed by atoms with E-state index in [0.717, 1.165) is 12.1 Å². The number of likely N-dealkylation sites (N-methyl/N-ethyl adjacent to an activating group) is 2. The number of benzene rings is 1. The van der Waals surface area contributed by atoms with Gasteiger partial charge < -0.3 is 5.32 Å². The average Bonchev–Trinajstić information content (AvgIpc) is 2.28. The highest BCUT2D eigenvalue weighted by atomic mass is 19.1. The van der Waals surface area contributed by atoms with Crippen molar-refractivity contribution in [3.8, 4) is 0 Å². The van der Waals surface area contributed by atoms with Crippen LogP contribution < -0.4 is 5.32 Å². The van der Waals surface area contributed by atoms with Gasteiger partial charge in [-0.2, -0.15) is 0 Å². The quantitative estimate of drug-likeness (QED) is 0.794. The molecule has 0 aliphatic heterocycles. The molecule has 6 heteroatoms. The van der Waals surface area contributed by atoms with Gasteiger partial charge in [-0.15, -0.1) is 0 Å². The SMILES string of the molecule is CNC(=O)CN(C)CC(=O)c1c(F)cccc1F. The number of hydrogen-bond donors (Lipinski definition) is 1. The third-order valence-electron chi connectivity index (χ3n) is 2.35. The molecule has 0 heterocycles. The summed E-state index contributed by atoms with van der Waals surface area (Å²) >= 11 is 0. The second-order valence-corrected chi connectivity index (χ2v) is 3.87. The molecule has 0 aliphatic carbocycles. The minimum Gasteiger partial charge on any atom is -0.358 e. The van der Waals surface area contributed by atoms with Crippen LogP contribution in [0.2, 0.25) is 0 Å². The van der Waals surface area contributed by atoms with Crippen molar-refractivity contribution in [1.29, 1.82) is 0 Å². The lowest BCUT2D eigenvalue weighted by Crippen LogP contribution is -2.36. The summed E-state index contributed by atoms with van der Waals surface area (Å²) in [6.45, 7) is -0.246. The standard InChI is InChI=1S/C12H14F2N2O2/c1-15-11(18)7-16(2)6-10(17)12-8(13)4-3-5-9(12)14/h3-5H,6-7H2,1-2H3,(H,15,18). The fraction of sp³-hybridized carbons (Fsp3) is 0.333. The lowest BCUT2D eigenvalue weighted by molar-refractivity contribution is -0.121. The van der Waals surface area contributed by atoms with Crippen molar-refractivity contribution in [3.05, 3.63) is 35.4 Å². The summed E-state index contributed by atoms with van der Waals surface area (Å²) in [5.41, 5.74) is -0.568. The van der Waals surface area contributed by atoms with Crippen LogP contribution in [0.4, 0.5) is 8.78 Å². The second kappa shape index (κ2) is 6.20. The van der Waals surface area contributed by atoms with Crippen LogP contribution in [0.15, 0.2) is 18.2 Å². The molecule has 1 rings (SSSR count). The summed E-state index contributed by atoms with van der Waals surface area (Å²) in [4.78, 5) is 24.2. The fourth-order valence-corrected chi connectivity index (χ4v) is 1.47. The maximum Gasteiger partial charge on any atom is 0.233 e. The number of carbonyl (C=O) groups is 2. The van der Waals surface area contributed by atoms with Crippen LogP contribution in [0.5, 0.6) is 0 Å². The average molecular weight is 256 g/mol. The van der Waals surface area contributed by atoms with E-state index in [-0.39, 0.29) is 19.0 Å². The molecule has 1 N–H and O–H groups in total. The summed E-state index contributed by atoms with van der Waals surface area (Å²) < 4.78 is 26.6. The lowest BCUT2D eigenvalue weighted by atomic mass is 10.1. The Labute approximate surface area is 104 Å². The Balaban J connectivity index is 2.74. The largest absolute Gasteiger partial charge is 0.358 e. The molecule has 0 aliphatic rings. The summed E-state index contributed by atoms with van der Waals surface area (Å²) in [7, 11) is 2.99. The highest BCUT2D eigenvalue weighted by Gasteiger charge is 2.19. The molecule has 0 aromatic heterocycles. The Bertz CT molecular complexity index is 443. The molecule has 0 radical (unpaired) electrons. The van der Waals surface area contributed by atoms with Crippen molar-refractivity contribution in [3.63, 3.8) is 0 Å². The molecule has 0 atom stereocenters. The topological polar surface area (TPSA) is 49.4 Å². The van der Waals surface area contributed by atoms with Crippen molar-refractivity contribution in [2.45, 2.75) is 0 Å². The van der Waals surface area contributed by atoms with Gasteiger partial charge in [0.25, 0.3) is 0 Å². The van der Waals surface area contributed by atoms with Crippen LogP contribution in [0.25, 0.3) is 0 Å². The molecule has 0 unspecified atom stereocenters. The number of rotatable bonds is 5. The molecule has 0 saturated carbocycles. The number of ketones is 1. The van der Waals surface area contributed by atoms with Gasteiger partial charge in [-0.25, -0.2) is 8.78 Å². The van der Waals surface area contributed by atoms with E-state index >= 15 is 0 Å². The number of Topliss-reactive ketones (excluding diaryl/α,β-unsaturated/α-hetero) is 1. The van der Waals surface area contributed by atoms with E-state index in [2.05, 4.69) is 5.32 Å². The van der Waals surface area contributed by atoms with Gasteiger partial charge in [0.1, 0.15) is 11.6 Å². The summed E-state index contributed by atoms with van der Waals surface area (Å²) in [5, 5.41) is 2.39. The van der Waals surface area contributed by atoms with Gasteiger partial charge in [0.15, 0.2) is 5.78 Å². The van der Waals surface area contributed by atoms with Gasteiger partial charge in [0.2, 0.25) is 5.91 Å². The van der Waals surface area contributed by atoms with Crippen molar-refractivity contribution in [2.75, 3.05) is 27.2 Å². The fourth-order valence-electron chi connectivity index (χ4n) is 1.47. The first-order chi connectivity index (χ1) is 8.45. The maximum absolute atomic E-state index is 13.3. The molecule has 1 amide bonds. The first kappa shape index (κ1) is 14.2. The lowest BCUT2D eigenvalue weighted by Gasteiger charge is -2.14. The summed E-state index contributed by atoms with van der Waals surface area (Å²) in [5.74, 6) is -2.77. The number of halogens is 2. The molecule has 1 aromatic carbocycles. The van der Waals surface area contributed by atoms with E-state index < -0.39 is 23.0 Å². The van der Waals surface area contributed by atoms with Crippen LogP contribution in [-0.4, -0.2) is 43.8 Å². The summed E-state index contributed by atoms with van der Waals surface area (Å²) in [6.07, 6.45) is 0.